The Morgan fingerprint density at radius 1 is 0.704 bits per heavy atom. The van der Waals surface area contributed by atoms with Gasteiger partial charge in [-0.2, -0.15) is 10.2 Å². The minimum Gasteiger partial charge on any atom is -0.481 e. The average molecular weight is 1150 g/mol. The van der Waals surface area contributed by atoms with Gasteiger partial charge in [0.1, 0.15) is 18.3 Å². The van der Waals surface area contributed by atoms with Crippen LogP contribution in [0.25, 0.3) is 0 Å². The number of hydrazone groups is 2. The Morgan fingerprint density at radius 3 is 1.81 bits per heavy atom. The minimum atomic E-state index is -1.53. The molecule has 24 heteroatoms. The van der Waals surface area contributed by atoms with E-state index in [-0.39, 0.29) is 65.1 Å². The van der Waals surface area contributed by atoms with Crippen LogP contribution in [0.15, 0.2) is 131 Å². The summed E-state index contributed by atoms with van der Waals surface area (Å²) in [4.78, 5) is 79.7. The van der Waals surface area contributed by atoms with Crippen LogP contribution in [0, 0.1) is 23.7 Å². The van der Waals surface area contributed by atoms with Crippen LogP contribution in [0.3, 0.4) is 0 Å². The lowest BCUT2D eigenvalue weighted by atomic mass is 9.80. The maximum Gasteiger partial charge on any atom is 0.326 e. The summed E-state index contributed by atoms with van der Waals surface area (Å²) < 4.78 is 0. The van der Waals surface area contributed by atoms with Crippen molar-refractivity contribution in [3.63, 3.8) is 0 Å². The number of pyridine rings is 1. The Labute approximate surface area is 480 Å². The molecule has 1 heterocycles. The van der Waals surface area contributed by atoms with Crippen LogP contribution in [0.2, 0.25) is 0 Å². The highest BCUT2D eigenvalue weighted by molar-refractivity contribution is 7.80. The van der Waals surface area contributed by atoms with E-state index in [0.29, 0.717) is 73.4 Å². The van der Waals surface area contributed by atoms with Gasteiger partial charge in [0.15, 0.2) is 10.2 Å². The molecular weight excluding hydrogens is 1080 g/mol. The Hall–Kier alpha value is -8.19. The van der Waals surface area contributed by atoms with Gasteiger partial charge in [-0.1, -0.05) is 78.9 Å². The van der Waals surface area contributed by atoms with Crippen LogP contribution in [0.5, 0.6) is 0 Å². The Bertz CT molecular complexity index is 2820. The van der Waals surface area contributed by atoms with Crippen molar-refractivity contribution >= 4 is 93.2 Å². The third-order valence-corrected chi connectivity index (χ3v) is 14.2. The predicted molar refractivity (Wildman–Crippen MR) is 316 cm³/mol. The number of aromatic nitrogens is 1. The van der Waals surface area contributed by atoms with E-state index in [1.165, 1.54) is 0 Å². The van der Waals surface area contributed by atoms with Gasteiger partial charge < -0.3 is 52.3 Å². The number of thiocarbonyl (C=S) groups is 2. The predicted octanol–water partition coefficient (Wildman–Crippen LogP) is 5.92. The quantitative estimate of drug-likeness (QED) is 0.0139. The van der Waals surface area contributed by atoms with Gasteiger partial charge in [-0.05, 0) is 151 Å². The maximum atomic E-state index is 14.0. The zero-order valence-electron chi connectivity index (χ0n) is 45.0. The zero-order valence-corrected chi connectivity index (χ0v) is 46.6. The van der Waals surface area contributed by atoms with Crippen molar-refractivity contribution in [1.29, 1.82) is 0 Å². The third kappa shape index (κ3) is 20.8. The van der Waals surface area contributed by atoms with Crippen molar-refractivity contribution in [1.82, 2.24) is 42.4 Å². The lowest BCUT2D eigenvalue weighted by Crippen LogP contribution is -2.52. The first-order valence-electron chi connectivity index (χ1n) is 26.7. The number of aliphatic carboxylic acids is 3. The van der Waals surface area contributed by atoms with E-state index in [1.54, 1.807) is 26.0 Å². The molecule has 2 aromatic carbocycles. The zero-order chi connectivity index (χ0) is 58.3. The van der Waals surface area contributed by atoms with Gasteiger partial charge in [-0.3, -0.25) is 30.6 Å². The van der Waals surface area contributed by atoms with Gasteiger partial charge in [0, 0.05) is 47.7 Å². The van der Waals surface area contributed by atoms with Gasteiger partial charge >= 0.3 is 23.9 Å². The number of aliphatic hydroxyl groups is 1. The van der Waals surface area contributed by atoms with Crippen LogP contribution in [0.1, 0.15) is 99.8 Å². The van der Waals surface area contributed by atoms with E-state index in [4.69, 9.17) is 34.5 Å². The second-order valence-corrected chi connectivity index (χ2v) is 20.7. The summed E-state index contributed by atoms with van der Waals surface area (Å²) in [5.74, 6) is -4.52. The number of nitrogens with zero attached hydrogens (tertiary/aromatic N) is 3. The molecule has 0 bridgehead atoms. The van der Waals surface area contributed by atoms with Crippen molar-refractivity contribution in [3.8, 4) is 0 Å². The van der Waals surface area contributed by atoms with E-state index in [0.717, 1.165) is 16.9 Å². The number of fused-ring (bicyclic) bond motifs is 1. The van der Waals surface area contributed by atoms with Gasteiger partial charge in [0.2, 0.25) is 5.91 Å². The number of anilines is 2. The van der Waals surface area contributed by atoms with Gasteiger partial charge in [0.05, 0.1) is 28.9 Å². The average Bonchev–Trinajstić information content (AvgIpc) is 3.46. The number of benzene rings is 2. The number of nitrogens with one attached hydrogen (secondary N) is 9. The van der Waals surface area contributed by atoms with Crippen molar-refractivity contribution < 1.29 is 49.2 Å². The monoisotopic (exact) mass is 1150 g/mol. The fourth-order valence-corrected chi connectivity index (χ4v) is 9.55. The minimum absolute atomic E-state index is 0.0255. The summed E-state index contributed by atoms with van der Waals surface area (Å²) in [5.41, 5.74) is 10.2. The van der Waals surface area contributed by atoms with Crippen LogP contribution in [0.4, 0.5) is 16.2 Å². The Balaban J connectivity index is 1.04. The summed E-state index contributed by atoms with van der Waals surface area (Å²) in [6, 6.07) is 17.3. The van der Waals surface area contributed by atoms with Crippen LogP contribution < -0.4 is 48.1 Å². The van der Waals surface area contributed by atoms with Crippen molar-refractivity contribution in [2.75, 3.05) is 23.7 Å². The molecule has 81 heavy (non-hydrogen) atoms. The molecule has 1 aromatic heterocycles. The van der Waals surface area contributed by atoms with Gasteiger partial charge in [-0.25, -0.2) is 19.4 Å². The molecule has 0 aliphatic heterocycles. The molecule has 22 nitrogen and oxygen atoms in total. The van der Waals surface area contributed by atoms with Crippen molar-refractivity contribution in [3.05, 3.63) is 138 Å². The number of hydrogen-bond donors (Lipinski definition) is 13. The number of amides is 4. The van der Waals surface area contributed by atoms with Crippen LogP contribution in [-0.2, 0) is 19.2 Å². The molecule has 3 aliphatic carbocycles. The first kappa shape index (κ1) is 62.0. The highest BCUT2D eigenvalue weighted by Crippen LogP contribution is 2.31. The van der Waals surface area contributed by atoms with Crippen LogP contribution in [-0.4, -0.2) is 120 Å². The number of rotatable bonds is 27. The Kier molecular flexibility index (Phi) is 24.2. The van der Waals surface area contributed by atoms with Crippen molar-refractivity contribution in [2.45, 2.75) is 102 Å². The van der Waals surface area contributed by atoms with E-state index in [1.807, 2.05) is 78.9 Å². The molecule has 0 radical (unpaired) electrons. The fourth-order valence-electron chi connectivity index (χ4n) is 9.22. The lowest BCUT2D eigenvalue weighted by molar-refractivity contribution is -0.141. The molecular formula is C57H70N12O10S2. The summed E-state index contributed by atoms with van der Waals surface area (Å²) >= 11 is 10.9. The number of urea groups is 1. The molecule has 1 saturated carbocycles. The largest absolute Gasteiger partial charge is 0.481 e. The number of carbonyl (C=O) groups is 6. The standard InChI is InChI=1S/C57H70N12O10S2/c1-34(66-68-56(80)60-42-15-5-3-6-16-42)46-31-41(32-47(62-46)35(2)67-69-57(81)61-43-17-7-4-8-18-43)50(72)59-33-36-20-24-39(25-21-36)51(73)63-48(30-37-22-23-38-13-9-10-14-40(38)29-37)52(74)58-28-12-11-19-44(53(75)76)64-55(79)65-45(54(77)78)26-27-49(70)71/h3-10,13-18,22-23,29,31-32,36,38-40,44-45,48,52,58,74H,11-12,19-21,24-28,30,33H2,1-2H3,(H,59,72)(H,63,73)(H,70,71)(H,75,76)(H,77,78)(H2,60,68,80)(H2,61,69,81)(H2,64,65,79)/b66-34+,67-35+/t36?,38?,39?,40?,44-,45-,48-,52?/m0/s1. The van der Waals surface area contributed by atoms with E-state index in [9.17, 15) is 44.1 Å². The van der Waals surface area contributed by atoms with E-state index >= 15 is 0 Å². The fraction of sp³-hybridized carbons (Fsp3) is 0.386. The topological polar surface area (TPSA) is 329 Å². The number of unbranched alkanes of at least 4 members (excludes halogenated alkanes) is 1. The highest BCUT2D eigenvalue weighted by atomic mass is 32.1. The normalized spacial score (nSPS) is 19.0. The summed E-state index contributed by atoms with van der Waals surface area (Å²) in [6.07, 6.45) is 15.7. The molecule has 6 rings (SSSR count). The van der Waals surface area contributed by atoms with E-state index < -0.39 is 61.1 Å². The van der Waals surface area contributed by atoms with Crippen LogP contribution >= 0.6 is 24.4 Å². The number of aliphatic hydroxyl groups excluding tert-OH is 1. The maximum absolute atomic E-state index is 14.0. The first-order valence-corrected chi connectivity index (χ1v) is 27.6. The summed E-state index contributed by atoms with van der Waals surface area (Å²) in [6.45, 7) is 4.06. The summed E-state index contributed by atoms with van der Waals surface area (Å²) in [7, 11) is 0. The number of para-hydroxylation sites is 2. The van der Waals surface area contributed by atoms with Gasteiger partial charge in [-0.15, -0.1) is 0 Å². The number of carboxylic acids is 3. The summed E-state index contributed by atoms with van der Waals surface area (Å²) in [5, 5.41) is 68.8. The molecule has 4 amide bonds. The molecule has 0 spiro atoms. The second kappa shape index (κ2) is 31.6. The van der Waals surface area contributed by atoms with E-state index in [2.05, 4.69) is 82.6 Å². The first-order chi connectivity index (χ1) is 38.9. The SMILES string of the molecule is C/C(=N\NC(=S)Nc1ccccc1)c1cc(C(=O)NCC2CCC(C(=O)N[C@@H](CC3=CC4C=CC=CC4C=C3)C(O)NCCCC[C@H](NC(=O)N[C@@H](CCC(=O)O)C(=O)O)C(=O)O)CC2)cc(/C(C)=N/NC(=S)Nc2ccccc2)n1. The number of allylic oxidation sites excluding steroid dienone is 7. The smallest absolute Gasteiger partial charge is 0.326 e. The molecule has 1 fully saturated rings. The highest BCUT2D eigenvalue weighted by Gasteiger charge is 2.32. The third-order valence-electron chi connectivity index (χ3n) is 13.8. The molecule has 6 atom stereocenters. The molecule has 3 unspecified atom stereocenters. The number of carbonyl (C=O) groups excluding carboxylic acids is 3. The Morgan fingerprint density at radius 2 is 1.26 bits per heavy atom. The van der Waals surface area contributed by atoms with Gasteiger partial charge in [0.25, 0.3) is 5.91 Å². The molecule has 3 aromatic rings. The molecule has 0 saturated heterocycles. The van der Waals surface area contributed by atoms with Crippen molar-refractivity contribution in [2.24, 2.45) is 33.9 Å². The number of carboxylic acid groups (broad SMARTS) is 3. The lowest BCUT2D eigenvalue weighted by Gasteiger charge is -2.32. The molecule has 3 aliphatic rings. The number of hydrogen-bond acceptors (Lipinski definition) is 13. The molecule has 430 valence electrons. The second-order valence-electron chi connectivity index (χ2n) is 19.9. The molecule has 13 N–H and O–H groups in total.